The minimum atomic E-state index is -3.54. The number of rotatable bonds is 3. The number of nitrogens with one attached hydrogen (secondary N) is 1. The number of fused-ring (bicyclic) bond motifs is 3. The van der Waals surface area contributed by atoms with E-state index < -0.39 is 27.8 Å². The summed E-state index contributed by atoms with van der Waals surface area (Å²) in [5.74, 6) is 0.119. The van der Waals surface area contributed by atoms with Crippen molar-refractivity contribution in [2.75, 3.05) is 12.0 Å². The second kappa shape index (κ2) is 6.33. The van der Waals surface area contributed by atoms with E-state index >= 15 is 0 Å². The van der Waals surface area contributed by atoms with E-state index in [4.69, 9.17) is 5.73 Å². The summed E-state index contributed by atoms with van der Waals surface area (Å²) < 4.78 is 28.3. The van der Waals surface area contributed by atoms with Crippen LogP contribution in [0.5, 0.6) is 0 Å². The fraction of sp³-hybridized carbons (Fsp3) is 0.158. The first-order valence-corrected chi connectivity index (χ1v) is 10.2. The van der Waals surface area contributed by atoms with E-state index in [0.717, 1.165) is 28.5 Å². The molecule has 0 saturated carbocycles. The molecule has 3 aromatic rings. The number of aromatic nitrogens is 2. The maximum absolute atomic E-state index is 12.6. The van der Waals surface area contributed by atoms with Crippen LogP contribution in [0.4, 0.5) is 5.82 Å². The number of benzene rings is 2. The van der Waals surface area contributed by atoms with Gasteiger partial charge in [-0.25, -0.2) is 17.9 Å². The van der Waals surface area contributed by atoms with Gasteiger partial charge in [-0.05, 0) is 28.3 Å². The maximum atomic E-state index is 12.6. The molecule has 0 saturated heterocycles. The summed E-state index contributed by atoms with van der Waals surface area (Å²) in [6.07, 6.45) is 2.66. The van der Waals surface area contributed by atoms with Gasteiger partial charge in [0.25, 0.3) is 0 Å². The molecule has 0 fully saturated rings. The van der Waals surface area contributed by atoms with Gasteiger partial charge in [0.05, 0.1) is 18.3 Å². The molecule has 0 amide bonds. The number of hydrogen-bond donors (Lipinski definition) is 2. The Morgan fingerprint density at radius 2 is 1.59 bits per heavy atom. The first kappa shape index (κ1) is 17.4. The molecule has 27 heavy (non-hydrogen) atoms. The Labute approximate surface area is 156 Å². The van der Waals surface area contributed by atoms with E-state index in [2.05, 4.69) is 9.71 Å². The van der Waals surface area contributed by atoms with Gasteiger partial charge in [-0.3, -0.25) is 4.57 Å². The molecule has 8 heteroatoms. The third kappa shape index (κ3) is 3.13. The Hall–Kier alpha value is -2.97. The van der Waals surface area contributed by atoms with E-state index in [1.807, 2.05) is 48.5 Å². The minimum Gasteiger partial charge on any atom is -0.383 e. The number of hydrogen-bond acceptors (Lipinski definition) is 5. The van der Waals surface area contributed by atoms with Crippen LogP contribution >= 0.6 is 0 Å². The van der Waals surface area contributed by atoms with Crippen molar-refractivity contribution in [3.05, 3.63) is 82.4 Å². The van der Waals surface area contributed by atoms with Crippen molar-refractivity contribution in [1.29, 1.82) is 0 Å². The van der Waals surface area contributed by atoms with Crippen molar-refractivity contribution < 1.29 is 8.42 Å². The fourth-order valence-electron chi connectivity index (χ4n) is 3.67. The van der Waals surface area contributed by atoms with Gasteiger partial charge in [-0.1, -0.05) is 48.5 Å². The van der Waals surface area contributed by atoms with Gasteiger partial charge in [0, 0.05) is 6.20 Å². The highest BCUT2D eigenvalue weighted by Crippen LogP contribution is 2.45. The maximum Gasteiger partial charge on any atom is 0.350 e. The summed E-state index contributed by atoms with van der Waals surface area (Å²) in [4.78, 5) is 16.4. The smallest absolute Gasteiger partial charge is 0.350 e. The molecule has 0 unspecified atom stereocenters. The van der Waals surface area contributed by atoms with Gasteiger partial charge in [0.1, 0.15) is 5.82 Å². The molecule has 1 aliphatic rings. The average Bonchev–Trinajstić information content (AvgIpc) is 2.62. The molecular weight excluding hydrogens is 364 g/mol. The molecule has 0 radical (unpaired) electrons. The van der Waals surface area contributed by atoms with Crippen LogP contribution in [0.25, 0.3) is 11.1 Å². The van der Waals surface area contributed by atoms with Crippen molar-refractivity contribution >= 4 is 15.8 Å². The van der Waals surface area contributed by atoms with Crippen molar-refractivity contribution in [2.45, 2.75) is 12.1 Å². The van der Waals surface area contributed by atoms with E-state index in [-0.39, 0.29) is 5.82 Å². The molecule has 0 aliphatic heterocycles. The molecule has 0 spiro atoms. The number of nitrogens with zero attached hydrogens (tertiary/aromatic N) is 2. The first-order chi connectivity index (χ1) is 12.8. The quantitative estimate of drug-likeness (QED) is 0.717. The summed E-state index contributed by atoms with van der Waals surface area (Å²) >= 11 is 0. The zero-order valence-electron chi connectivity index (χ0n) is 14.5. The molecule has 3 N–H and O–H groups in total. The molecule has 1 aliphatic carbocycles. The second-order valence-electron chi connectivity index (χ2n) is 6.53. The molecule has 0 bridgehead atoms. The van der Waals surface area contributed by atoms with Gasteiger partial charge in [0.15, 0.2) is 0 Å². The van der Waals surface area contributed by atoms with Crippen LogP contribution in [-0.2, 0) is 10.0 Å². The van der Waals surface area contributed by atoms with Crippen LogP contribution in [0.2, 0.25) is 0 Å². The predicted octanol–water partition coefficient (Wildman–Crippen LogP) is 1.69. The van der Waals surface area contributed by atoms with Gasteiger partial charge in [-0.2, -0.15) is 4.98 Å². The Balaban J connectivity index is 2.03. The lowest BCUT2D eigenvalue weighted by molar-refractivity contribution is 0.428. The first-order valence-electron chi connectivity index (χ1n) is 8.35. The van der Waals surface area contributed by atoms with Gasteiger partial charge in [-0.15, -0.1) is 0 Å². The number of nitrogens with two attached hydrogens (primary N) is 1. The van der Waals surface area contributed by atoms with Crippen LogP contribution in [0, 0.1) is 0 Å². The predicted molar refractivity (Wildman–Crippen MR) is 104 cm³/mol. The second-order valence-corrected chi connectivity index (χ2v) is 8.31. The molecule has 138 valence electrons. The molecule has 2 aromatic carbocycles. The van der Waals surface area contributed by atoms with E-state index in [1.165, 1.54) is 10.6 Å². The van der Waals surface area contributed by atoms with Crippen LogP contribution in [-0.4, -0.2) is 24.2 Å². The number of nitrogen functional groups attached to an aromatic ring is 1. The van der Waals surface area contributed by atoms with Crippen molar-refractivity contribution in [3.63, 3.8) is 0 Å². The zero-order chi connectivity index (χ0) is 19.2. The van der Waals surface area contributed by atoms with Crippen LogP contribution in [0.15, 0.2) is 65.6 Å². The normalized spacial score (nSPS) is 18.6. The number of anilines is 1. The van der Waals surface area contributed by atoms with E-state index in [1.54, 1.807) is 6.20 Å². The largest absolute Gasteiger partial charge is 0.383 e. The monoisotopic (exact) mass is 382 g/mol. The average molecular weight is 382 g/mol. The molecule has 1 heterocycles. The number of sulfonamides is 1. The lowest BCUT2D eigenvalue weighted by Gasteiger charge is -2.36. The Morgan fingerprint density at radius 1 is 1.00 bits per heavy atom. The van der Waals surface area contributed by atoms with E-state index in [0.29, 0.717) is 0 Å². The summed E-state index contributed by atoms with van der Waals surface area (Å²) in [5, 5.41) is 0. The molecule has 4 rings (SSSR count). The van der Waals surface area contributed by atoms with Crippen LogP contribution in [0.1, 0.15) is 23.2 Å². The van der Waals surface area contributed by atoms with Crippen molar-refractivity contribution in [1.82, 2.24) is 14.3 Å². The van der Waals surface area contributed by atoms with Gasteiger partial charge < -0.3 is 5.73 Å². The van der Waals surface area contributed by atoms with Crippen molar-refractivity contribution in [3.8, 4) is 11.1 Å². The van der Waals surface area contributed by atoms with Crippen LogP contribution in [0.3, 0.4) is 0 Å². The highest BCUT2D eigenvalue weighted by atomic mass is 32.2. The molecule has 1 aromatic heterocycles. The Bertz CT molecular complexity index is 1190. The summed E-state index contributed by atoms with van der Waals surface area (Å²) in [6.45, 7) is 0. The zero-order valence-corrected chi connectivity index (χ0v) is 15.3. The summed E-state index contributed by atoms with van der Waals surface area (Å²) in [6, 6.07) is 15.5. The summed E-state index contributed by atoms with van der Waals surface area (Å²) in [5.41, 5.74) is 8.62. The highest BCUT2D eigenvalue weighted by molar-refractivity contribution is 7.88. The van der Waals surface area contributed by atoms with Crippen LogP contribution < -0.4 is 16.1 Å². The van der Waals surface area contributed by atoms with E-state index in [9.17, 15) is 13.2 Å². The van der Waals surface area contributed by atoms with Crippen molar-refractivity contribution in [2.24, 2.45) is 0 Å². The third-order valence-corrected chi connectivity index (χ3v) is 5.36. The molecular formula is C19H18N4O3S. The molecule has 7 nitrogen and oxygen atoms in total. The topological polar surface area (TPSA) is 107 Å². The SMILES string of the molecule is CS(=O)(=O)N[C@@H]1c2ccccc2-c2ccccc2[C@H]1n1ccc(N)nc1=O. The lowest BCUT2D eigenvalue weighted by Crippen LogP contribution is -2.40. The Morgan fingerprint density at radius 3 is 2.22 bits per heavy atom. The lowest BCUT2D eigenvalue weighted by atomic mass is 9.79. The highest BCUT2D eigenvalue weighted by Gasteiger charge is 2.36. The standard InChI is InChI=1S/C19H18N4O3S/c1-27(25,26)22-17-14-8-4-2-6-12(14)13-7-3-5-9-15(13)18(17)23-11-10-16(20)21-19(23)24/h2-11,17-18,22H,1H3,(H2,20,21,24)/t17-,18-/m1/s1. The van der Waals surface area contributed by atoms with Gasteiger partial charge >= 0.3 is 5.69 Å². The Kier molecular flexibility index (Phi) is 4.09. The minimum absolute atomic E-state index is 0.119. The van der Waals surface area contributed by atoms with Gasteiger partial charge in [0.2, 0.25) is 10.0 Å². The fourth-order valence-corrected chi connectivity index (χ4v) is 4.39. The summed E-state index contributed by atoms with van der Waals surface area (Å²) in [7, 11) is -3.54. The third-order valence-electron chi connectivity index (χ3n) is 4.67. The molecule has 2 atom stereocenters.